The molecule has 1 aromatic heterocycles. The van der Waals surface area contributed by atoms with Gasteiger partial charge in [0.05, 0.1) is 27.5 Å². The van der Waals surface area contributed by atoms with Crippen LogP contribution in [-0.4, -0.2) is 37.0 Å². The summed E-state index contributed by atoms with van der Waals surface area (Å²) < 4.78 is 17.2. The summed E-state index contributed by atoms with van der Waals surface area (Å²) in [5.41, 5.74) is 0.979. The predicted molar refractivity (Wildman–Crippen MR) is 91.7 cm³/mol. The number of rotatable bonds is 6. The van der Waals surface area contributed by atoms with Gasteiger partial charge in [0, 0.05) is 13.1 Å². The van der Waals surface area contributed by atoms with Crippen molar-refractivity contribution in [2.45, 2.75) is 0 Å². The molecule has 0 radical (unpaired) electrons. The van der Waals surface area contributed by atoms with Gasteiger partial charge in [-0.3, -0.25) is 9.48 Å². The van der Waals surface area contributed by atoms with Gasteiger partial charge >= 0.3 is 0 Å². The summed E-state index contributed by atoms with van der Waals surface area (Å²) in [6.45, 7) is 0. The number of methoxy groups -OCH3 is 3. The lowest BCUT2D eigenvalue weighted by atomic mass is 10.1. The second kappa shape index (κ2) is 7.88. The van der Waals surface area contributed by atoms with Gasteiger partial charge in [-0.1, -0.05) is 0 Å². The molecule has 0 bridgehead atoms. The van der Waals surface area contributed by atoms with Gasteiger partial charge in [-0.15, -0.1) is 0 Å². The molecule has 1 N–H and O–H groups in total. The molecule has 0 saturated heterocycles. The van der Waals surface area contributed by atoms with Crippen molar-refractivity contribution >= 4 is 17.8 Å². The van der Waals surface area contributed by atoms with E-state index in [1.807, 2.05) is 6.07 Å². The zero-order valence-electron chi connectivity index (χ0n) is 14.4. The van der Waals surface area contributed by atoms with Crippen molar-refractivity contribution in [1.29, 1.82) is 5.26 Å². The summed E-state index contributed by atoms with van der Waals surface area (Å²) in [5.74, 6) is 1.39. The Labute approximate surface area is 145 Å². The van der Waals surface area contributed by atoms with Crippen molar-refractivity contribution in [3.63, 3.8) is 0 Å². The number of benzene rings is 1. The number of amides is 1. The second-order valence-electron chi connectivity index (χ2n) is 4.92. The van der Waals surface area contributed by atoms with Crippen molar-refractivity contribution in [2.24, 2.45) is 7.05 Å². The predicted octanol–water partition coefficient (Wildman–Crippen LogP) is 1.97. The Bertz CT molecular complexity index is 824. The third-order valence-electron chi connectivity index (χ3n) is 3.42. The fraction of sp³-hybridized carbons (Fsp3) is 0.235. The summed E-state index contributed by atoms with van der Waals surface area (Å²) >= 11 is 0. The number of hydrogen-bond acceptors (Lipinski definition) is 6. The number of carbonyl (C=O) groups excluding carboxylic acids is 1. The van der Waals surface area contributed by atoms with E-state index >= 15 is 0 Å². The van der Waals surface area contributed by atoms with Gasteiger partial charge in [0.2, 0.25) is 11.7 Å². The number of aryl methyl sites for hydroxylation is 1. The van der Waals surface area contributed by atoms with Crippen LogP contribution in [0.3, 0.4) is 0 Å². The van der Waals surface area contributed by atoms with E-state index in [1.165, 1.54) is 38.3 Å². The van der Waals surface area contributed by atoms with Gasteiger partial charge in [-0.25, -0.2) is 0 Å². The maximum absolute atomic E-state index is 12.1. The lowest BCUT2D eigenvalue weighted by molar-refractivity contribution is -0.111. The van der Waals surface area contributed by atoms with Gasteiger partial charge in [0.1, 0.15) is 17.5 Å². The van der Waals surface area contributed by atoms with E-state index in [2.05, 4.69) is 10.4 Å². The fourth-order valence-electron chi connectivity index (χ4n) is 2.20. The van der Waals surface area contributed by atoms with Crippen LogP contribution in [0.1, 0.15) is 11.1 Å². The fourth-order valence-corrected chi connectivity index (χ4v) is 2.20. The number of anilines is 1. The minimum Gasteiger partial charge on any atom is -0.493 e. The Morgan fingerprint density at radius 3 is 2.40 bits per heavy atom. The highest BCUT2D eigenvalue weighted by Gasteiger charge is 2.13. The molecule has 130 valence electrons. The third kappa shape index (κ3) is 3.90. The highest BCUT2D eigenvalue weighted by molar-refractivity contribution is 6.02. The third-order valence-corrected chi connectivity index (χ3v) is 3.42. The summed E-state index contributed by atoms with van der Waals surface area (Å²) in [7, 11) is 6.19. The van der Waals surface area contributed by atoms with Crippen molar-refractivity contribution in [1.82, 2.24) is 9.78 Å². The lowest BCUT2D eigenvalue weighted by Crippen LogP contribution is -2.12. The molecule has 0 fully saturated rings. The highest BCUT2D eigenvalue weighted by Crippen LogP contribution is 2.38. The number of aromatic nitrogens is 2. The second-order valence-corrected chi connectivity index (χ2v) is 4.92. The quantitative estimate of drug-likeness (QED) is 0.806. The number of nitrogens with zero attached hydrogens (tertiary/aromatic N) is 3. The molecule has 1 amide bonds. The summed E-state index contributed by atoms with van der Waals surface area (Å²) in [5, 5.41) is 15.6. The van der Waals surface area contributed by atoms with Crippen LogP contribution in [0.25, 0.3) is 6.08 Å². The van der Waals surface area contributed by atoms with Crippen LogP contribution in [0.15, 0.2) is 24.4 Å². The number of hydrogen-bond donors (Lipinski definition) is 1. The highest BCUT2D eigenvalue weighted by atomic mass is 16.5. The molecule has 8 heteroatoms. The molecule has 2 aromatic rings. The van der Waals surface area contributed by atoms with Crippen LogP contribution in [0.5, 0.6) is 17.2 Å². The lowest BCUT2D eigenvalue weighted by Gasteiger charge is -2.12. The molecule has 0 spiro atoms. The first kappa shape index (κ1) is 17.9. The van der Waals surface area contributed by atoms with E-state index in [9.17, 15) is 4.79 Å². The SMILES string of the molecule is COc1cc(/C=C/C(=O)Nc2c(C#N)cnn2C)cc(OC)c1OC. The first-order valence-corrected chi connectivity index (χ1v) is 7.25. The molecular formula is C17H18N4O4. The summed E-state index contributed by atoms with van der Waals surface area (Å²) in [6.07, 6.45) is 4.33. The molecule has 0 saturated carbocycles. The van der Waals surface area contributed by atoms with Crippen molar-refractivity contribution in [3.8, 4) is 23.3 Å². The van der Waals surface area contributed by atoms with Crippen LogP contribution < -0.4 is 19.5 Å². The molecular weight excluding hydrogens is 324 g/mol. The monoisotopic (exact) mass is 342 g/mol. The Balaban J connectivity index is 2.22. The van der Waals surface area contributed by atoms with Gasteiger partial charge in [-0.2, -0.15) is 10.4 Å². The zero-order chi connectivity index (χ0) is 18.4. The maximum atomic E-state index is 12.1. The van der Waals surface area contributed by atoms with Gasteiger partial charge in [0.25, 0.3) is 0 Å². The average Bonchev–Trinajstić information content (AvgIpc) is 2.98. The molecule has 0 aliphatic heterocycles. The Morgan fingerprint density at radius 1 is 1.24 bits per heavy atom. The molecule has 1 aromatic carbocycles. The Kier molecular flexibility index (Phi) is 5.63. The topological polar surface area (TPSA) is 98.4 Å². The zero-order valence-corrected chi connectivity index (χ0v) is 14.4. The summed E-state index contributed by atoms with van der Waals surface area (Å²) in [4.78, 5) is 12.1. The number of nitrogens with one attached hydrogen (secondary N) is 1. The largest absolute Gasteiger partial charge is 0.493 e. The molecule has 0 atom stereocenters. The number of carbonyl (C=O) groups is 1. The van der Waals surface area contributed by atoms with E-state index < -0.39 is 5.91 Å². The van der Waals surface area contributed by atoms with Crippen LogP contribution in [0.2, 0.25) is 0 Å². The number of ether oxygens (including phenoxy) is 3. The first-order chi connectivity index (χ1) is 12.0. The van der Waals surface area contributed by atoms with Crippen LogP contribution in [-0.2, 0) is 11.8 Å². The normalized spacial score (nSPS) is 10.4. The standard InChI is InChI=1S/C17H18N4O4/c1-21-17(12(9-18)10-19-21)20-15(22)6-5-11-7-13(23-2)16(25-4)14(8-11)24-3/h5-8,10H,1-4H3,(H,20,22)/b6-5+. The minimum absolute atomic E-state index is 0.289. The first-order valence-electron chi connectivity index (χ1n) is 7.25. The Hall–Kier alpha value is -3.47. The maximum Gasteiger partial charge on any atom is 0.249 e. The van der Waals surface area contributed by atoms with Crippen molar-refractivity contribution in [2.75, 3.05) is 26.6 Å². The van der Waals surface area contributed by atoms with Crippen molar-refractivity contribution < 1.29 is 19.0 Å². The van der Waals surface area contributed by atoms with E-state index in [-0.39, 0.29) is 5.56 Å². The minimum atomic E-state index is -0.395. The van der Waals surface area contributed by atoms with Crippen molar-refractivity contribution in [3.05, 3.63) is 35.5 Å². The number of nitriles is 1. The molecule has 2 rings (SSSR count). The van der Waals surface area contributed by atoms with Crippen LogP contribution in [0.4, 0.5) is 5.82 Å². The van der Waals surface area contributed by atoms with Crippen LogP contribution >= 0.6 is 0 Å². The average molecular weight is 342 g/mol. The van der Waals surface area contributed by atoms with Gasteiger partial charge in [-0.05, 0) is 23.8 Å². The van der Waals surface area contributed by atoms with Gasteiger partial charge in [0.15, 0.2) is 11.5 Å². The molecule has 8 nitrogen and oxygen atoms in total. The van der Waals surface area contributed by atoms with E-state index in [0.29, 0.717) is 28.6 Å². The molecule has 0 unspecified atom stereocenters. The molecule has 1 heterocycles. The summed E-state index contributed by atoms with van der Waals surface area (Å²) in [6, 6.07) is 5.41. The molecule has 0 aliphatic rings. The molecule has 25 heavy (non-hydrogen) atoms. The van der Waals surface area contributed by atoms with Gasteiger partial charge < -0.3 is 19.5 Å². The molecule has 0 aliphatic carbocycles. The smallest absolute Gasteiger partial charge is 0.249 e. The van der Waals surface area contributed by atoms with E-state index in [1.54, 1.807) is 25.3 Å². The Morgan fingerprint density at radius 2 is 1.88 bits per heavy atom. The van der Waals surface area contributed by atoms with Crippen LogP contribution in [0, 0.1) is 11.3 Å². The van der Waals surface area contributed by atoms with E-state index in [0.717, 1.165) is 0 Å². The van der Waals surface area contributed by atoms with E-state index in [4.69, 9.17) is 19.5 Å².